The molecule has 0 bridgehead atoms. The third-order valence-electron chi connectivity index (χ3n) is 4.05. The molecule has 15 heteroatoms. The van der Waals surface area contributed by atoms with Gasteiger partial charge in [0.25, 0.3) is 5.91 Å². The van der Waals surface area contributed by atoms with Crippen molar-refractivity contribution in [3.05, 3.63) is 51.6 Å². The molecule has 176 valence electrons. The molecular weight excluding hydrogens is 532 g/mol. The van der Waals surface area contributed by atoms with Gasteiger partial charge in [0, 0.05) is 17.1 Å². The van der Waals surface area contributed by atoms with Gasteiger partial charge in [0.05, 0.1) is 11.3 Å². The van der Waals surface area contributed by atoms with Gasteiger partial charge in [-0.05, 0) is 40.2 Å². The highest BCUT2D eigenvalue weighted by atomic mass is 79.9. The van der Waals surface area contributed by atoms with E-state index in [-0.39, 0.29) is 11.9 Å². The van der Waals surface area contributed by atoms with Crippen molar-refractivity contribution in [2.45, 2.75) is 24.2 Å². The van der Waals surface area contributed by atoms with Crippen molar-refractivity contribution in [3.63, 3.8) is 0 Å². The number of anilines is 2. The number of nitrogens with one attached hydrogen (secondary N) is 2. The van der Waals surface area contributed by atoms with Gasteiger partial charge < -0.3 is 10.6 Å². The number of alkyl halides is 10. The molecule has 2 N–H and O–H groups in total. The van der Waals surface area contributed by atoms with Gasteiger partial charge in [0.2, 0.25) is 0 Å². The summed E-state index contributed by atoms with van der Waals surface area (Å²) in [7, 11) is 1.42. The fourth-order valence-corrected chi connectivity index (χ4v) is 3.08. The summed E-state index contributed by atoms with van der Waals surface area (Å²) in [5, 5.41) is 4.28. The number of carbonyl (C=O) groups excluding carboxylic acids is 1. The second kappa shape index (κ2) is 8.41. The lowest BCUT2D eigenvalue weighted by atomic mass is 9.92. The Kier molecular flexibility index (Phi) is 6.74. The van der Waals surface area contributed by atoms with Gasteiger partial charge in [0.1, 0.15) is 11.5 Å². The van der Waals surface area contributed by atoms with Crippen molar-refractivity contribution in [2.75, 3.05) is 17.7 Å². The number of amides is 1. The maximum atomic E-state index is 14.3. The maximum Gasteiger partial charge on any atom is 0.435 e. The summed E-state index contributed by atoms with van der Waals surface area (Å²) < 4.78 is 131. The van der Waals surface area contributed by atoms with Gasteiger partial charge in [0.15, 0.2) is 0 Å². The summed E-state index contributed by atoms with van der Waals surface area (Å²) in [6.45, 7) is 0. The van der Waals surface area contributed by atoms with Crippen LogP contribution in [0.15, 0.2) is 34.8 Å². The number of aromatic nitrogens is 1. The average Bonchev–Trinajstić information content (AvgIpc) is 2.65. The van der Waals surface area contributed by atoms with Crippen LogP contribution in [0.1, 0.15) is 21.6 Å². The molecule has 1 aromatic carbocycles. The number of hydrogen-bond acceptors (Lipinski definition) is 3. The molecule has 0 saturated heterocycles. The molecule has 0 fully saturated rings. The summed E-state index contributed by atoms with van der Waals surface area (Å²) in [5.41, 5.74) is -12.3. The number of benzene rings is 1. The minimum absolute atomic E-state index is 0.136. The summed E-state index contributed by atoms with van der Waals surface area (Å²) in [6.07, 6.45) is -18.8. The van der Waals surface area contributed by atoms with Crippen LogP contribution in [0.4, 0.5) is 55.4 Å². The molecule has 0 saturated carbocycles. The lowest BCUT2D eigenvalue weighted by molar-refractivity contribution is -0.348. The van der Waals surface area contributed by atoms with Crippen LogP contribution in [0.5, 0.6) is 0 Å². The van der Waals surface area contributed by atoms with Crippen LogP contribution < -0.4 is 10.6 Å². The van der Waals surface area contributed by atoms with Gasteiger partial charge in [-0.25, -0.2) is 9.37 Å². The van der Waals surface area contributed by atoms with Crippen LogP contribution >= 0.6 is 15.9 Å². The van der Waals surface area contributed by atoms with E-state index in [4.69, 9.17) is 0 Å². The van der Waals surface area contributed by atoms with Crippen molar-refractivity contribution < 1.29 is 48.7 Å². The zero-order valence-corrected chi connectivity index (χ0v) is 17.0. The SMILES string of the molecule is CNc1cccc(C(=O)Nc2c(Br)cc(C(F)(C(F)(F)F)C(F)(F)F)cc2C(F)(F)F)n1. The van der Waals surface area contributed by atoms with E-state index in [1.807, 2.05) is 0 Å². The number of pyridine rings is 1. The van der Waals surface area contributed by atoms with Gasteiger partial charge in [-0.2, -0.15) is 39.5 Å². The highest BCUT2D eigenvalue weighted by molar-refractivity contribution is 9.10. The van der Waals surface area contributed by atoms with Crippen LogP contribution in [0.3, 0.4) is 0 Å². The predicted molar refractivity (Wildman–Crippen MR) is 95.8 cm³/mol. The molecular formula is C17H10BrF10N3O. The number of nitrogens with zero attached hydrogens (tertiary/aromatic N) is 1. The minimum Gasteiger partial charge on any atom is -0.373 e. The zero-order chi connectivity index (χ0) is 24.7. The second-order valence-electron chi connectivity index (χ2n) is 6.14. The van der Waals surface area contributed by atoms with Crippen molar-refractivity contribution in [1.82, 2.24) is 4.98 Å². The topological polar surface area (TPSA) is 54.0 Å². The van der Waals surface area contributed by atoms with E-state index in [2.05, 4.69) is 26.2 Å². The molecule has 0 radical (unpaired) electrons. The molecule has 2 rings (SSSR count). The van der Waals surface area contributed by atoms with E-state index in [0.717, 1.165) is 6.07 Å². The first-order chi connectivity index (χ1) is 14.4. The van der Waals surface area contributed by atoms with Crippen LogP contribution in [-0.4, -0.2) is 30.3 Å². The van der Waals surface area contributed by atoms with Crippen molar-refractivity contribution >= 4 is 33.3 Å². The molecule has 1 amide bonds. The Morgan fingerprint density at radius 2 is 1.50 bits per heavy atom. The summed E-state index contributed by atoms with van der Waals surface area (Å²) in [6, 6.07) is 3.01. The predicted octanol–water partition coefficient (Wildman–Crippen LogP) is 6.45. The van der Waals surface area contributed by atoms with E-state index in [0.29, 0.717) is 0 Å². The molecule has 0 spiro atoms. The fraction of sp³-hybridized carbons (Fsp3) is 0.294. The average molecular weight is 542 g/mol. The largest absolute Gasteiger partial charge is 0.435 e. The molecule has 1 heterocycles. The van der Waals surface area contributed by atoms with E-state index in [9.17, 15) is 48.7 Å². The first-order valence-electron chi connectivity index (χ1n) is 8.13. The quantitative estimate of drug-likeness (QED) is 0.437. The molecule has 0 aliphatic rings. The highest BCUT2D eigenvalue weighted by Gasteiger charge is 2.73. The Balaban J connectivity index is 2.68. The summed E-state index contributed by atoms with van der Waals surface area (Å²) in [5.74, 6) is -1.13. The van der Waals surface area contributed by atoms with E-state index >= 15 is 0 Å². The number of rotatable bonds is 4. The summed E-state index contributed by atoms with van der Waals surface area (Å²) in [4.78, 5) is 16.0. The molecule has 4 nitrogen and oxygen atoms in total. The monoisotopic (exact) mass is 541 g/mol. The summed E-state index contributed by atoms with van der Waals surface area (Å²) >= 11 is 2.40. The zero-order valence-electron chi connectivity index (χ0n) is 15.4. The van der Waals surface area contributed by atoms with E-state index in [1.54, 1.807) is 5.32 Å². The van der Waals surface area contributed by atoms with E-state index in [1.165, 1.54) is 19.2 Å². The van der Waals surface area contributed by atoms with Gasteiger partial charge >= 0.3 is 24.2 Å². The Hall–Kier alpha value is -2.58. The first-order valence-corrected chi connectivity index (χ1v) is 8.92. The van der Waals surface area contributed by atoms with Crippen LogP contribution in [0.2, 0.25) is 0 Å². The normalized spacial score (nSPS) is 13.1. The Labute approximate surface area is 181 Å². The third-order valence-corrected chi connectivity index (χ3v) is 4.68. The molecule has 0 aliphatic heterocycles. The van der Waals surface area contributed by atoms with Gasteiger partial charge in [-0.15, -0.1) is 0 Å². The third kappa shape index (κ3) is 4.76. The van der Waals surface area contributed by atoms with Crippen molar-refractivity contribution in [2.24, 2.45) is 0 Å². The number of hydrogen-bond donors (Lipinski definition) is 2. The smallest absolute Gasteiger partial charge is 0.373 e. The molecule has 1 aromatic heterocycles. The second-order valence-corrected chi connectivity index (χ2v) is 7.00. The van der Waals surface area contributed by atoms with Crippen molar-refractivity contribution in [3.8, 4) is 0 Å². The number of carbonyl (C=O) groups is 1. The van der Waals surface area contributed by atoms with Crippen molar-refractivity contribution in [1.29, 1.82) is 0 Å². The maximum absolute atomic E-state index is 14.3. The molecule has 0 aliphatic carbocycles. The van der Waals surface area contributed by atoms with Crippen LogP contribution in [0, 0.1) is 0 Å². The Morgan fingerprint density at radius 1 is 0.938 bits per heavy atom. The van der Waals surface area contributed by atoms with E-state index < -0.39 is 63.2 Å². The highest BCUT2D eigenvalue weighted by Crippen LogP contribution is 2.55. The minimum atomic E-state index is -6.63. The molecule has 0 unspecified atom stereocenters. The first kappa shape index (κ1) is 25.7. The Morgan fingerprint density at radius 3 is 1.97 bits per heavy atom. The molecule has 2 aromatic rings. The molecule has 0 atom stereocenters. The van der Waals surface area contributed by atoms with Gasteiger partial charge in [-0.1, -0.05) is 6.07 Å². The Bertz CT molecular complexity index is 1000. The fourth-order valence-electron chi connectivity index (χ4n) is 2.52. The van der Waals surface area contributed by atoms with Crippen LogP contribution in [-0.2, 0) is 11.8 Å². The lowest BCUT2D eigenvalue weighted by Gasteiger charge is -2.31. The van der Waals surface area contributed by atoms with Crippen LogP contribution in [0.25, 0.3) is 0 Å². The van der Waals surface area contributed by atoms with Gasteiger partial charge in [-0.3, -0.25) is 4.79 Å². The lowest BCUT2D eigenvalue weighted by Crippen LogP contribution is -2.50. The number of halogens is 11. The standard InChI is InChI=1S/C17H10BrF10N3O/c1-29-11-4-2-3-10(30-11)13(32)31-12-8(15(20,21)22)5-7(6-9(12)18)14(19,16(23,24)25)17(26,27)28/h2-6H,1H3,(H,29,30)(H,31,32). The molecule has 32 heavy (non-hydrogen) atoms.